The molecule has 0 atom stereocenters. The number of hydrogen-bond acceptors (Lipinski definition) is 6. The molecule has 0 aromatic heterocycles. The number of carbonyl (C=O) groups is 2. The van der Waals surface area contributed by atoms with Crippen LogP contribution in [0.4, 0.5) is 11.4 Å². The maximum Gasteiger partial charge on any atom is 0.271 e. The van der Waals surface area contributed by atoms with Crippen LogP contribution in [0.25, 0.3) is 0 Å². The first-order valence-corrected chi connectivity index (χ1v) is 11.6. The molecule has 0 radical (unpaired) electrons. The highest BCUT2D eigenvalue weighted by Crippen LogP contribution is 2.13. The van der Waals surface area contributed by atoms with E-state index >= 15 is 0 Å². The molecule has 2 N–H and O–H groups in total. The second kappa shape index (κ2) is 14.1. The molecule has 0 unspecified atom stereocenters. The Labute approximate surface area is 213 Å². The van der Waals surface area contributed by atoms with E-state index in [2.05, 4.69) is 21.1 Å². The van der Waals surface area contributed by atoms with E-state index in [1.165, 1.54) is 0 Å². The minimum Gasteiger partial charge on any atom is -0.378 e. The Morgan fingerprint density at radius 2 is 1.00 bits per heavy atom. The van der Waals surface area contributed by atoms with Crippen molar-refractivity contribution in [1.29, 1.82) is 0 Å². The molecule has 0 spiro atoms. The third kappa shape index (κ3) is 8.39. The molecule has 0 saturated heterocycles. The van der Waals surface area contributed by atoms with Crippen LogP contribution in [-0.2, 0) is 0 Å². The van der Waals surface area contributed by atoms with Crippen LogP contribution in [0.2, 0.25) is 0 Å². The van der Waals surface area contributed by atoms with Crippen molar-refractivity contribution in [3.05, 3.63) is 95.1 Å². The van der Waals surface area contributed by atoms with Gasteiger partial charge in [-0.1, -0.05) is 32.0 Å². The summed E-state index contributed by atoms with van der Waals surface area (Å²) in [7, 11) is 7.76. The van der Waals surface area contributed by atoms with Gasteiger partial charge in [0.1, 0.15) is 0 Å². The first-order chi connectivity index (χ1) is 17.3. The van der Waals surface area contributed by atoms with Crippen LogP contribution >= 0.6 is 0 Å². The van der Waals surface area contributed by atoms with Crippen molar-refractivity contribution in [3.8, 4) is 0 Å². The molecule has 0 saturated carbocycles. The van der Waals surface area contributed by atoms with Crippen molar-refractivity contribution in [2.45, 2.75) is 13.8 Å². The van der Waals surface area contributed by atoms with Gasteiger partial charge in [0.25, 0.3) is 11.8 Å². The van der Waals surface area contributed by atoms with E-state index in [-0.39, 0.29) is 11.8 Å². The fourth-order valence-electron chi connectivity index (χ4n) is 3.00. The van der Waals surface area contributed by atoms with Gasteiger partial charge in [-0.05, 0) is 65.7 Å². The van der Waals surface area contributed by atoms with E-state index in [0.717, 1.165) is 22.5 Å². The van der Waals surface area contributed by atoms with Gasteiger partial charge in [0, 0.05) is 50.7 Å². The Balaban J connectivity index is 0.00000222. The molecule has 3 rings (SSSR count). The molecule has 8 heteroatoms. The lowest BCUT2D eigenvalue weighted by Gasteiger charge is -2.12. The largest absolute Gasteiger partial charge is 0.378 e. The second-order valence-corrected chi connectivity index (χ2v) is 7.95. The predicted octanol–water partition coefficient (Wildman–Crippen LogP) is 4.37. The Morgan fingerprint density at radius 3 is 1.33 bits per heavy atom. The molecule has 0 aliphatic heterocycles. The van der Waals surface area contributed by atoms with Gasteiger partial charge in [-0.3, -0.25) is 9.59 Å². The number of hydrogen-bond donors (Lipinski definition) is 2. The highest BCUT2D eigenvalue weighted by atomic mass is 16.2. The van der Waals surface area contributed by atoms with Crippen molar-refractivity contribution < 1.29 is 9.59 Å². The normalized spacial score (nSPS) is 10.5. The quantitative estimate of drug-likeness (QED) is 0.365. The Hall–Kier alpha value is -4.46. The lowest BCUT2D eigenvalue weighted by Crippen LogP contribution is -2.18. The van der Waals surface area contributed by atoms with Crippen molar-refractivity contribution in [2.75, 3.05) is 38.0 Å². The summed E-state index contributed by atoms with van der Waals surface area (Å²) in [6, 6.07) is 21.9. The third-order valence-electron chi connectivity index (χ3n) is 4.96. The summed E-state index contributed by atoms with van der Waals surface area (Å²) >= 11 is 0. The van der Waals surface area contributed by atoms with Crippen LogP contribution in [0.5, 0.6) is 0 Å². The first kappa shape index (κ1) is 27.8. The number of amides is 2. The van der Waals surface area contributed by atoms with E-state index in [0.29, 0.717) is 11.1 Å². The Morgan fingerprint density at radius 1 is 0.639 bits per heavy atom. The monoisotopic (exact) mass is 486 g/mol. The SMILES string of the molecule is CC.CN(C)c1ccc(C(=O)N/N=C/c2cccc(/C=N/NC(=O)c3ccc(N(C)C)cc3)c2)cc1. The molecular weight excluding hydrogens is 452 g/mol. The summed E-state index contributed by atoms with van der Waals surface area (Å²) in [4.78, 5) is 28.4. The maximum absolute atomic E-state index is 12.3. The Kier molecular flexibility index (Phi) is 10.8. The standard InChI is InChI=1S/C26H28N6O2.C2H6/c1-31(2)23-12-8-21(9-13-23)25(33)29-27-17-19-6-5-7-20(16-19)18-28-30-26(34)22-10-14-24(15-11-22)32(3)4;1-2/h5-18H,1-4H3,(H,29,33)(H,30,34);1-2H3/b27-17+,28-18+;. The minimum absolute atomic E-state index is 0.291. The maximum atomic E-state index is 12.3. The van der Waals surface area contributed by atoms with Gasteiger partial charge in [-0.15, -0.1) is 0 Å². The van der Waals surface area contributed by atoms with E-state index in [9.17, 15) is 9.59 Å². The van der Waals surface area contributed by atoms with Gasteiger partial charge in [-0.25, -0.2) is 10.9 Å². The molecule has 3 aromatic carbocycles. The van der Waals surface area contributed by atoms with Gasteiger partial charge in [0.05, 0.1) is 12.4 Å². The average Bonchev–Trinajstić information content (AvgIpc) is 2.90. The molecule has 8 nitrogen and oxygen atoms in total. The summed E-state index contributed by atoms with van der Waals surface area (Å²) in [6.45, 7) is 4.00. The highest BCUT2D eigenvalue weighted by molar-refractivity contribution is 5.96. The van der Waals surface area contributed by atoms with E-state index in [1.807, 2.05) is 100 Å². The average molecular weight is 487 g/mol. The summed E-state index contributed by atoms with van der Waals surface area (Å²) in [5.74, 6) is -0.582. The topological polar surface area (TPSA) is 89.4 Å². The van der Waals surface area contributed by atoms with Gasteiger partial charge < -0.3 is 9.80 Å². The van der Waals surface area contributed by atoms with Crippen LogP contribution in [0.15, 0.2) is 83.0 Å². The summed E-state index contributed by atoms with van der Waals surface area (Å²) in [6.07, 6.45) is 3.10. The molecule has 3 aromatic rings. The van der Waals surface area contributed by atoms with Crippen LogP contribution in [-0.4, -0.2) is 52.4 Å². The summed E-state index contributed by atoms with van der Waals surface area (Å²) < 4.78 is 0. The molecule has 36 heavy (non-hydrogen) atoms. The predicted molar refractivity (Wildman–Crippen MR) is 149 cm³/mol. The fraction of sp³-hybridized carbons (Fsp3) is 0.214. The molecule has 0 aliphatic rings. The van der Waals surface area contributed by atoms with E-state index < -0.39 is 0 Å². The zero-order valence-corrected chi connectivity index (χ0v) is 21.7. The molecule has 0 aliphatic carbocycles. The van der Waals surface area contributed by atoms with Crippen LogP contribution < -0.4 is 20.7 Å². The van der Waals surface area contributed by atoms with Crippen LogP contribution in [0.1, 0.15) is 45.7 Å². The fourth-order valence-corrected chi connectivity index (χ4v) is 3.00. The Bertz CT molecular complexity index is 1090. The first-order valence-electron chi connectivity index (χ1n) is 11.6. The van der Waals surface area contributed by atoms with Crippen molar-refractivity contribution >= 4 is 35.6 Å². The number of rotatable bonds is 8. The highest BCUT2D eigenvalue weighted by Gasteiger charge is 2.05. The smallest absolute Gasteiger partial charge is 0.271 e. The number of hydrazone groups is 2. The van der Waals surface area contributed by atoms with E-state index in [1.54, 1.807) is 36.7 Å². The lowest BCUT2D eigenvalue weighted by atomic mass is 10.1. The molecule has 0 bridgehead atoms. The zero-order valence-electron chi connectivity index (χ0n) is 21.7. The van der Waals surface area contributed by atoms with Crippen LogP contribution in [0, 0.1) is 0 Å². The molecule has 2 amide bonds. The van der Waals surface area contributed by atoms with Crippen molar-refractivity contribution in [1.82, 2.24) is 10.9 Å². The third-order valence-corrected chi connectivity index (χ3v) is 4.96. The second-order valence-electron chi connectivity index (χ2n) is 7.95. The molecule has 0 heterocycles. The van der Waals surface area contributed by atoms with Crippen molar-refractivity contribution in [3.63, 3.8) is 0 Å². The summed E-state index contributed by atoms with van der Waals surface area (Å²) in [5, 5.41) is 8.06. The van der Waals surface area contributed by atoms with E-state index in [4.69, 9.17) is 0 Å². The minimum atomic E-state index is -0.291. The molecule has 0 fully saturated rings. The summed E-state index contributed by atoms with van der Waals surface area (Å²) in [5.41, 5.74) is 9.67. The number of anilines is 2. The molecular formula is C28H34N6O2. The van der Waals surface area contributed by atoms with Crippen LogP contribution in [0.3, 0.4) is 0 Å². The zero-order chi connectivity index (χ0) is 26.5. The molecule has 188 valence electrons. The van der Waals surface area contributed by atoms with Crippen molar-refractivity contribution in [2.24, 2.45) is 10.2 Å². The van der Waals surface area contributed by atoms with Gasteiger partial charge in [0.15, 0.2) is 0 Å². The van der Waals surface area contributed by atoms with Gasteiger partial charge in [0.2, 0.25) is 0 Å². The lowest BCUT2D eigenvalue weighted by molar-refractivity contribution is 0.0947. The number of nitrogens with zero attached hydrogens (tertiary/aromatic N) is 4. The number of carbonyl (C=O) groups excluding carboxylic acids is 2. The van der Waals surface area contributed by atoms with Gasteiger partial charge >= 0.3 is 0 Å². The number of benzene rings is 3. The van der Waals surface area contributed by atoms with Gasteiger partial charge in [-0.2, -0.15) is 10.2 Å². The number of nitrogens with one attached hydrogen (secondary N) is 2.